The number of fused-ring (bicyclic) bond motifs is 4. The van der Waals surface area contributed by atoms with Gasteiger partial charge < -0.3 is 9.88 Å². The molecule has 0 unspecified atom stereocenters. The number of hydrogen-bond acceptors (Lipinski definition) is 4. The van der Waals surface area contributed by atoms with Gasteiger partial charge in [-0.1, -0.05) is 24.3 Å². The molecule has 1 saturated carbocycles. The molecule has 7 nitrogen and oxygen atoms in total. The summed E-state index contributed by atoms with van der Waals surface area (Å²) >= 11 is 0. The monoisotopic (exact) mass is 393 g/mol. The molecule has 29 heavy (non-hydrogen) atoms. The van der Waals surface area contributed by atoms with E-state index in [1.54, 1.807) is 13.4 Å². The van der Waals surface area contributed by atoms with Crippen LogP contribution in [-0.4, -0.2) is 31.3 Å². The lowest BCUT2D eigenvalue weighted by atomic mass is 9.94. The van der Waals surface area contributed by atoms with E-state index >= 15 is 0 Å². The van der Waals surface area contributed by atoms with Gasteiger partial charge in [-0.2, -0.15) is 0 Å². The maximum atomic E-state index is 12.6. The van der Waals surface area contributed by atoms with Gasteiger partial charge in [0, 0.05) is 33.2 Å². The first-order valence-corrected chi connectivity index (χ1v) is 10.5. The van der Waals surface area contributed by atoms with Gasteiger partial charge in [0.2, 0.25) is 0 Å². The summed E-state index contributed by atoms with van der Waals surface area (Å²) in [5.74, 6) is 1.36. The second-order valence-corrected chi connectivity index (χ2v) is 8.57. The second kappa shape index (κ2) is 6.99. The van der Waals surface area contributed by atoms with Crippen LogP contribution in [-0.2, 0) is 33.5 Å². The first-order valence-electron chi connectivity index (χ1n) is 10.5. The Morgan fingerprint density at radius 2 is 1.69 bits per heavy atom. The zero-order valence-corrected chi connectivity index (χ0v) is 17.0. The maximum Gasteiger partial charge on any atom is 0.332 e. The van der Waals surface area contributed by atoms with Gasteiger partial charge in [0.25, 0.3) is 5.56 Å². The second-order valence-electron chi connectivity index (χ2n) is 8.57. The summed E-state index contributed by atoms with van der Waals surface area (Å²) < 4.78 is 4.46. The van der Waals surface area contributed by atoms with E-state index in [0.29, 0.717) is 35.6 Å². The number of hydrogen-bond donors (Lipinski definition) is 1. The maximum absolute atomic E-state index is 12.6. The molecule has 0 aliphatic heterocycles. The van der Waals surface area contributed by atoms with Crippen LogP contribution in [0.4, 0.5) is 0 Å². The third-order valence-corrected chi connectivity index (χ3v) is 6.96. The fourth-order valence-electron chi connectivity index (χ4n) is 5.40. The van der Waals surface area contributed by atoms with E-state index in [0.717, 1.165) is 24.0 Å². The van der Waals surface area contributed by atoms with Crippen molar-refractivity contribution in [1.82, 2.24) is 24.0 Å². The van der Waals surface area contributed by atoms with Gasteiger partial charge in [-0.05, 0) is 48.6 Å². The fraction of sp³-hybridized carbons (Fsp3) is 0.500. The first-order chi connectivity index (χ1) is 14.0. The highest BCUT2D eigenvalue weighted by molar-refractivity contribution is 5.69. The van der Waals surface area contributed by atoms with Crippen LogP contribution in [0.25, 0.3) is 11.2 Å². The highest BCUT2D eigenvalue weighted by atomic mass is 16.2. The van der Waals surface area contributed by atoms with Crippen molar-refractivity contribution < 1.29 is 0 Å². The summed E-state index contributed by atoms with van der Waals surface area (Å²) in [5, 5.41) is 3.80. The van der Waals surface area contributed by atoms with Crippen molar-refractivity contribution >= 4 is 11.2 Å². The van der Waals surface area contributed by atoms with Crippen LogP contribution in [0.3, 0.4) is 0 Å². The molecule has 2 aliphatic carbocycles. The number of aromatic nitrogens is 4. The van der Waals surface area contributed by atoms with Gasteiger partial charge in [0.15, 0.2) is 11.2 Å². The van der Waals surface area contributed by atoms with E-state index in [4.69, 9.17) is 0 Å². The molecule has 2 atom stereocenters. The SMILES string of the molecule is Cn1c(=O)c2c(ncn2CCNC2[C@H]3CC[C@H]2Cc2ccccc2C3)n(C)c1=O. The Hall–Kier alpha value is -2.67. The third-order valence-electron chi connectivity index (χ3n) is 6.96. The number of aryl methyl sites for hydroxylation is 1. The standard InChI is InChI=1S/C22H27N5O2/c1-25-20-19(21(28)26(2)22(25)29)27(13-24-20)10-9-23-18-16-7-8-17(18)12-15-6-4-3-5-14(15)11-16/h3-6,13,16-18,23H,7-12H2,1-2H3/t16-,17-/m0/s1. The van der Waals surface area contributed by atoms with Crippen molar-refractivity contribution in [2.24, 2.45) is 25.9 Å². The molecule has 3 aromatic rings. The minimum atomic E-state index is -0.347. The van der Waals surface area contributed by atoms with E-state index in [1.807, 2.05) is 4.57 Å². The number of nitrogens with zero attached hydrogens (tertiary/aromatic N) is 4. The lowest BCUT2D eigenvalue weighted by molar-refractivity contribution is 0.338. The Labute approximate surface area is 169 Å². The Bertz CT molecular complexity index is 1160. The summed E-state index contributed by atoms with van der Waals surface area (Å²) in [6.07, 6.45) is 6.55. The van der Waals surface area contributed by atoms with Crippen LogP contribution >= 0.6 is 0 Å². The third kappa shape index (κ3) is 2.95. The zero-order valence-electron chi connectivity index (χ0n) is 17.0. The molecule has 2 aliphatic rings. The molecule has 152 valence electrons. The Balaban J connectivity index is 1.34. The molecule has 2 heterocycles. The topological polar surface area (TPSA) is 73.8 Å². The van der Waals surface area contributed by atoms with Crippen molar-refractivity contribution in [3.8, 4) is 0 Å². The minimum Gasteiger partial charge on any atom is -0.323 e. The summed E-state index contributed by atoms with van der Waals surface area (Å²) in [4.78, 5) is 29.0. The summed E-state index contributed by atoms with van der Waals surface area (Å²) in [6.45, 7) is 1.44. The van der Waals surface area contributed by atoms with Gasteiger partial charge in [-0.3, -0.25) is 13.9 Å². The molecule has 1 N–H and O–H groups in total. The normalized spacial score (nSPS) is 23.3. The van der Waals surface area contributed by atoms with E-state index in [2.05, 4.69) is 34.6 Å². The molecule has 7 heteroatoms. The highest BCUT2D eigenvalue weighted by Gasteiger charge is 2.38. The molecule has 0 saturated heterocycles. The summed E-state index contributed by atoms with van der Waals surface area (Å²) in [6, 6.07) is 9.39. The molecular weight excluding hydrogens is 366 g/mol. The highest BCUT2D eigenvalue weighted by Crippen LogP contribution is 2.39. The van der Waals surface area contributed by atoms with Crippen molar-refractivity contribution in [1.29, 1.82) is 0 Å². The largest absolute Gasteiger partial charge is 0.332 e. The van der Waals surface area contributed by atoms with Crippen molar-refractivity contribution in [2.45, 2.75) is 38.3 Å². The number of imidazole rings is 1. The van der Waals surface area contributed by atoms with Crippen LogP contribution < -0.4 is 16.6 Å². The number of nitrogens with one attached hydrogen (secondary N) is 1. The van der Waals surface area contributed by atoms with Crippen molar-refractivity contribution in [3.63, 3.8) is 0 Å². The molecule has 2 bridgehead atoms. The summed E-state index contributed by atoms with van der Waals surface area (Å²) in [5.41, 5.74) is 3.33. The summed E-state index contributed by atoms with van der Waals surface area (Å²) in [7, 11) is 3.17. The van der Waals surface area contributed by atoms with Gasteiger partial charge in [0.1, 0.15) is 0 Å². The molecule has 1 aromatic carbocycles. The van der Waals surface area contributed by atoms with Crippen molar-refractivity contribution in [2.75, 3.05) is 6.54 Å². The van der Waals surface area contributed by atoms with Crippen LogP contribution in [0.15, 0.2) is 40.2 Å². The van der Waals surface area contributed by atoms with Gasteiger partial charge in [-0.25, -0.2) is 9.78 Å². The Kier molecular flexibility index (Phi) is 4.42. The lowest BCUT2D eigenvalue weighted by Crippen LogP contribution is -2.40. The molecular formula is C22H27N5O2. The average molecular weight is 393 g/mol. The molecule has 0 amide bonds. The van der Waals surface area contributed by atoms with Crippen LogP contribution in [0.5, 0.6) is 0 Å². The Morgan fingerprint density at radius 1 is 1.03 bits per heavy atom. The van der Waals surface area contributed by atoms with Crippen LogP contribution in [0.2, 0.25) is 0 Å². The molecule has 0 radical (unpaired) electrons. The average Bonchev–Trinajstić information content (AvgIpc) is 3.25. The van der Waals surface area contributed by atoms with Crippen LogP contribution in [0, 0.1) is 11.8 Å². The zero-order chi connectivity index (χ0) is 20.1. The first kappa shape index (κ1) is 18.4. The van der Waals surface area contributed by atoms with Crippen LogP contribution in [0.1, 0.15) is 24.0 Å². The van der Waals surface area contributed by atoms with Gasteiger partial charge in [-0.15, -0.1) is 0 Å². The van der Waals surface area contributed by atoms with Crippen molar-refractivity contribution in [3.05, 3.63) is 62.6 Å². The lowest BCUT2D eigenvalue weighted by Gasteiger charge is -2.24. The molecule has 0 spiro atoms. The van der Waals surface area contributed by atoms with Gasteiger partial charge in [0.05, 0.1) is 6.33 Å². The molecule has 1 fully saturated rings. The predicted molar refractivity (Wildman–Crippen MR) is 112 cm³/mol. The minimum absolute atomic E-state index is 0.286. The molecule has 2 aromatic heterocycles. The van der Waals surface area contributed by atoms with E-state index in [-0.39, 0.29) is 11.2 Å². The quantitative estimate of drug-likeness (QED) is 0.723. The Morgan fingerprint density at radius 3 is 2.34 bits per heavy atom. The predicted octanol–water partition coefficient (Wildman–Crippen LogP) is 1.22. The van der Waals surface area contributed by atoms with E-state index < -0.39 is 0 Å². The van der Waals surface area contributed by atoms with E-state index in [9.17, 15) is 9.59 Å². The van der Waals surface area contributed by atoms with E-state index in [1.165, 1.54) is 35.6 Å². The van der Waals surface area contributed by atoms with Gasteiger partial charge >= 0.3 is 5.69 Å². The fourth-order valence-corrected chi connectivity index (χ4v) is 5.40. The smallest absolute Gasteiger partial charge is 0.323 e. The number of rotatable bonds is 4. The molecule has 5 rings (SSSR count). The number of benzene rings is 1.